The van der Waals surface area contributed by atoms with Gasteiger partial charge in [-0.05, 0) is 20.3 Å². The van der Waals surface area contributed by atoms with E-state index in [-0.39, 0.29) is 0 Å². The Morgan fingerprint density at radius 1 is 1.55 bits per heavy atom. The van der Waals surface area contributed by atoms with Crippen LogP contribution in [0.25, 0.3) is 0 Å². The average Bonchev–Trinajstić information content (AvgIpc) is 1.75. The van der Waals surface area contributed by atoms with Crippen LogP contribution in [0, 0.1) is 0 Å². The van der Waals surface area contributed by atoms with E-state index in [0.717, 1.165) is 26.1 Å². The summed E-state index contributed by atoms with van der Waals surface area (Å²) < 4.78 is 0. The molecule has 11 heavy (non-hydrogen) atoms. The monoisotopic (exact) mass is 158 g/mol. The van der Waals surface area contributed by atoms with Crippen LogP contribution in [-0.4, -0.2) is 41.3 Å². The molecule has 0 aliphatic carbocycles. The second-order valence-electron chi connectivity index (χ2n) is 4.08. The Morgan fingerprint density at radius 3 is 2.45 bits per heavy atom. The van der Waals surface area contributed by atoms with Gasteiger partial charge in [0, 0.05) is 25.7 Å². The summed E-state index contributed by atoms with van der Waals surface area (Å²) in [6.45, 7) is 6.64. The predicted molar refractivity (Wildman–Crippen MR) is 45.3 cm³/mol. The van der Waals surface area contributed by atoms with Gasteiger partial charge in [0.2, 0.25) is 0 Å². The number of nitrogens with zero attached hydrogens (tertiary/aromatic N) is 1. The molecule has 1 aliphatic rings. The molecule has 1 saturated heterocycles. The van der Waals surface area contributed by atoms with Crippen molar-refractivity contribution in [2.45, 2.75) is 31.9 Å². The van der Waals surface area contributed by atoms with Crippen LogP contribution >= 0.6 is 0 Å². The Bertz CT molecular complexity index is 125. The van der Waals surface area contributed by atoms with Crippen LogP contribution in [0.3, 0.4) is 0 Å². The highest BCUT2D eigenvalue weighted by molar-refractivity contribution is 4.83. The van der Waals surface area contributed by atoms with E-state index < -0.39 is 5.60 Å². The SMILES string of the molecule is CC(C)(O)CCN1CC(N)C1. The van der Waals surface area contributed by atoms with Crippen LogP contribution in [-0.2, 0) is 0 Å². The maximum absolute atomic E-state index is 9.39. The van der Waals surface area contributed by atoms with Gasteiger partial charge in [-0.25, -0.2) is 0 Å². The lowest BCUT2D eigenvalue weighted by Crippen LogP contribution is -2.56. The Morgan fingerprint density at radius 2 is 2.09 bits per heavy atom. The number of hydrogen-bond donors (Lipinski definition) is 2. The van der Waals surface area contributed by atoms with Gasteiger partial charge in [0.05, 0.1) is 5.60 Å². The molecule has 3 nitrogen and oxygen atoms in total. The van der Waals surface area contributed by atoms with Crippen molar-refractivity contribution in [3.8, 4) is 0 Å². The van der Waals surface area contributed by atoms with E-state index in [1.807, 2.05) is 13.8 Å². The van der Waals surface area contributed by atoms with Crippen molar-refractivity contribution in [3.05, 3.63) is 0 Å². The maximum atomic E-state index is 9.39. The third-order valence-electron chi connectivity index (χ3n) is 2.03. The van der Waals surface area contributed by atoms with Crippen LogP contribution in [0.4, 0.5) is 0 Å². The van der Waals surface area contributed by atoms with Gasteiger partial charge in [-0.2, -0.15) is 0 Å². The Hall–Kier alpha value is -0.120. The zero-order valence-corrected chi connectivity index (χ0v) is 7.38. The van der Waals surface area contributed by atoms with Gasteiger partial charge in [0.1, 0.15) is 0 Å². The van der Waals surface area contributed by atoms with E-state index in [1.54, 1.807) is 0 Å². The summed E-state index contributed by atoms with van der Waals surface area (Å²) in [5.74, 6) is 0. The highest BCUT2D eigenvalue weighted by Crippen LogP contribution is 2.12. The van der Waals surface area contributed by atoms with Gasteiger partial charge in [0.25, 0.3) is 0 Å². The van der Waals surface area contributed by atoms with Crippen molar-refractivity contribution in [1.29, 1.82) is 0 Å². The molecule has 1 aliphatic heterocycles. The second kappa shape index (κ2) is 3.09. The summed E-state index contributed by atoms with van der Waals surface area (Å²) in [5.41, 5.74) is 5.08. The van der Waals surface area contributed by atoms with Gasteiger partial charge in [-0.15, -0.1) is 0 Å². The Labute approximate surface area is 68.2 Å². The minimum Gasteiger partial charge on any atom is -0.390 e. The van der Waals surface area contributed by atoms with Crippen LogP contribution in [0.5, 0.6) is 0 Å². The van der Waals surface area contributed by atoms with Crippen LogP contribution in [0.2, 0.25) is 0 Å². The molecule has 0 spiro atoms. The summed E-state index contributed by atoms with van der Waals surface area (Å²) in [7, 11) is 0. The van der Waals surface area contributed by atoms with E-state index >= 15 is 0 Å². The number of nitrogens with two attached hydrogens (primary N) is 1. The number of aliphatic hydroxyl groups is 1. The van der Waals surface area contributed by atoms with E-state index in [1.165, 1.54) is 0 Å². The normalized spacial score (nSPS) is 21.8. The summed E-state index contributed by atoms with van der Waals surface area (Å²) in [4.78, 5) is 2.27. The molecule has 0 saturated carbocycles. The smallest absolute Gasteiger partial charge is 0.0603 e. The lowest BCUT2D eigenvalue weighted by atomic mass is 10.0. The molecule has 3 N–H and O–H groups in total. The highest BCUT2D eigenvalue weighted by atomic mass is 16.3. The first-order valence-electron chi connectivity index (χ1n) is 4.18. The van der Waals surface area contributed by atoms with Crippen molar-refractivity contribution >= 4 is 0 Å². The minimum atomic E-state index is -0.528. The van der Waals surface area contributed by atoms with Crippen LogP contribution in [0.15, 0.2) is 0 Å². The summed E-state index contributed by atoms with van der Waals surface area (Å²) in [6, 6.07) is 0.372. The molecule has 0 aromatic heterocycles. The van der Waals surface area contributed by atoms with Crippen molar-refractivity contribution in [2.24, 2.45) is 5.73 Å². The van der Waals surface area contributed by atoms with Gasteiger partial charge in [-0.3, -0.25) is 0 Å². The standard InChI is InChI=1S/C8H18N2O/c1-8(2,11)3-4-10-5-7(9)6-10/h7,11H,3-6,9H2,1-2H3. The molecule has 0 bridgehead atoms. The van der Waals surface area contributed by atoms with E-state index in [0.29, 0.717) is 6.04 Å². The molecule has 3 heteroatoms. The topological polar surface area (TPSA) is 49.5 Å². The highest BCUT2D eigenvalue weighted by Gasteiger charge is 2.24. The fourth-order valence-electron chi connectivity index (χ4n) is 1.22. The molecule has 0 unspecified atom stereocenters. The van der Waals surface area contributed by atoms with E-state index in [2.05, 4.69) is 4.90 Å². The first-order chi connectivity index (χ1) is 4.97. The molecule has 66 valence electrons. The summed E-state index contributed by atoms with van der Waals surface area (Å²) >= 11 is 0. The molecule has 0 aromatic rings. The number of rotatable bonds is 3. The van der Waals surface area contributed by atoms with Gasteiger partial charge < -0.3 is 15.7 Å². The molecule has 1 heterocycles. The fourth-order valence-corrected chi connectivity index (χ4v) is 1.22. The fraction of sp³-hybridized carbons (Fsp3) is 1.00. The van der Waals surface area contributed by atoms with Crippen molar-refractivity contribution in [2.75, 3.05) is 19.6 Å². The van der Waals surface area contributed by atoms with Crippen LogP contribution in [0.1, 0.15) is 20.3 Å². The molecule has 0 amide bonds. The largest absolute Gasteiger partial charge is 0.390 e. The average molecular weight is 158 g/mol. The first-order valence-corrected chi connectivity index (χ1v) is 4.18. The van der Waals surface area contributed by atoms with Crippen molar-refractivity contribution in [3.63, 3.8) is 0 Å². The molecule has 0 radical (unpaired) electrons. The summed E-state index contributed by atoms with van der Waals surface area (Å²) in [6.07, 6.45) is 0.833. The Balaban J connectivity index is 2.05. The molecule has 1 rings (SSSR count). The molecule has 0 atom stereocenters. The van der Waals surface area contributed by atoms with E-state index in [4.69, 9.17) is 5.73 Å². The summed E-state index contributed by atoms with van der Waals surface area (Å²) in [5, 5.41) is 9.39. The van der Waals surface area contributed by atoms with Crippen molar-refractivity contribution < 1.29 is 5.11 Å². The quantitative estimate of drug-likeness (QED) is 0.597. The first kappa shape index (κ1) is 8.97. The third kappa shape index (κ3) is 3.18. The minimum absolute atomic E-state index is 0.372. The molecular weight excluding hydrogens is 140 g/mol. The van der Waals surface area contributed by atoms with Crippen molar-refractivity contribution in [1.82, 2.24) is 4.90 Å². The van der Waals surface area contributed by atoms with Crippen LogP contribution < -0.4 is 5.73 Å². The Kier molecular flexibility index (Phi) is 2.52. The zero-order valence-electron chi connectivity index (χ0n) is 7.38. The van der Waals surface area contributed by atoms with Gasteiger partial charge in [-0.1, -0.05) is 0 Å². The molecular formula is C8H18N2O. The van der Waals surface area contributed by atoms with Gasteiger partial charge in [0.15, 0.2) is 0 Å². The second-order valence-corrected chi connectivity index (χ2v) is 4.08. The predicted octanol–water partition coefficient (Wildman–Crippen LogP) is -0.210. The lowest BCUT2D eigenvalue weighted by Gasteiger charge is -2.38. The van der Waals surface area contributed by atoms with E-state index in [9.17, 15) is 5.11 Å². The lowest BCUT2D eigenvalue weighted by molar-refractivity contribution is 0.0435. The number of hydrogen-bond acceptors (Lipinski definition) is 3. The molecule has 0 aromatic carbocycles. The molecule has 1 fully saturated rings. The zero-order chi connectivity index (χ0) is 8.48. The van der Waals surface area contributed by atoms with Gasteiger partial charge >= 0.3 is 0 Å². The number of likely N-dealkylation sites (tertiary alicyclic amines) is 1. The third-order valence-corrected chi connectivity index (χ3v) is 2.03. The maximum Gasteiger partial charge on any atom is 0.0603 e.